The minimum atomic E-state index is 0.537. The summed E-state index contributed by atoms with van der Waals surface area (Å²) in [5.74, 6) is 0.857. The van der Waals surface area contributed by atoms with E-state index < -0.39 is 0 Å². The first kappa shape index (κ1) is 12.1. The van der Waals surface area contributed by atoms with Gasteiger partial charge in [0, 0.05) is 23.8 Å². The Hall–Kier alpha value is -1.39. The summed E-state index contributed by atoms with van der Waals surface area (Å²) >= 11 is 3.41. The van der Waals surface area contributed by atoms with Crippen LogP contribution in [0.15, 0.2) is 47.1 Å². The Morgan fingerprint density at radius 3 is 2.59 bits per heavy atom. The van der Waals surface area contributed by atoms with Gasteiger partial charge in [0.1, 0.15) is 5.82 Å². The molecule has 3 nitrogen and oxygen atoms in total. The van der Waals surface area contributed by atoms with Gasteiger partial charge in [-0.15, -0.1) is 0 Å². The standard InChI is InChI=1S/C13H14BrN3/c14-12-3-1-10(2-4-12)9-17-13-7-11(8-15)5-6-16-13/h1-7H,8-9,15H2,(H,16,17). The molecule has 0 saturated carbocycles. The summed E-state index contributed by atoms with van der Waals surface area (Å²) in [4.78, 5) is 4.24. The number of nitrogens with one attached hydrogen (secondary N) is 1. The largest absolute Gasteiger partial charge is 0.366 e. The summed E-state index contributed by atoms with van der Waals surface area (Å²) in [6.07, 6.45) is 1.77. The van der Waals surface area contributed by atoms with Crippen molar-refractivity contribution in [3.63, 3.8) is 0 Å². The fourth-order valence-corrected chi connectivity index (χ4v) is 1.76. The van der Waals surface area contributed by atoms with E-state index in [0.29, 0.717) is 6.54 Å². The van der Waals surface area contributed by atoms with E-state index in [1.807, 2.05) is 24.3 Å². The second kappa shape index (κ2) is 5.80. The molecule has 2 rings (SSSR count). The zero-order valence-corrected chi connectivity index (χ0v) is 10.9. The minimum Gasteiger partial charge on any atom is -0.366 e. The van der Waals surface area contributed by atoms with E-state index in [9.17, 15) is 0 Å². The molecule has 17 heavy (non-hydrogen) atoms. The topological polar surface area (TPSA) is 50.9 Å². The number of benzene rings is 1. The molecule has 0 aliphatic carbocycles. The quantitative estimate of drug-likeness (QED) is 0.911. The van der Waals surface area contributed by atoms with E-state index in [1.54, 1.807) is 6.20 Å². The lowest BCUT2D eigenvalue weighted by atomic mass is 10.2. The summed E-state index contributed by atoms with van der Waals surface area (Å²) in [5, 5.41) is 3.27. The van der Waals surface area contributed by atoms with E-state index in [2.05, 4.69) is 38.4 Å². The Morgan fingerprint density at radius 1 is 1.12 bits per heavy atom. The normalized spacial score (nSPS) is 10.2. The van der Waals surface area contributed by atoms with Gasteiger partial charge < -0.3 is 11.1 Å². The van der Waals surface area contributed by atoms with E-state index in [0.717, 1.165) is 22.4 Å². The van der Waals surface area contributed by atoms with Gasteiger partial charge >= 0.3 is 0 Å². The third-order valence-corrected chi connectivity index (χ3v) is 2.98. The SMILES string of the molecule is NCc1ccnc(NCc2ccc(Br)cc2)c1. The van der Waals surface area contributed by atoms with E-state index in [-0.39, 0.29) is 0 Å². The summed E-state index contributed by atoms with van der Waals surface area (Å²) in [6.45, 7) is 1.30. The van der Waals surface area contributed by atoms with Crippen molar-refractivity contribution < 1.29 is 0 Å². The predicted octanol–water partition coefficient (Wildman–Crippen LogP) is 2.91. The maximum atomic E-state index is 5.58. The summed E-state index contributed by atoms with van der Waals surface area (Å²) in [5.41, 5.74) is 7.88. The van der Waals surface area contributed by atoms with Crippen LogP contribution >= 0.6 is 15.9 Å². The average molecular weight is 292 g/mol. The average Bonchev–Trinajstić information content (AvgIpc) is 2.38. The molecule has 1 aromatic carbocycles. The van der Waals surface area contributed by atoms with Crippen LogP contribution < -0.4 is 11.1 Å². The van der Waals surface area contributed by atoms with Crippen LogP contribution in [-0.4, -0.2) is 4.98 Å². The maximum Gasteiger partial charge on any atom is 0.126 e. The Bertz CT molecular complexity index is 482. The van der Waals surface area contributed by atoms with Crippen LogP contribution in [0.25, 0.3) is 0 Å². The van der Waals surface area contributed by atoms with Crippen molar-refractivity contribution in [2.24, 2.45) is 5.73 Å². The summed E-state index contributed by atoms with van der Waals surface area (Å²) < 4.78 is 1.09. The number of halogens is 1. The molecule has 0 radical (unpaired) electrons. The Labute approximate surface area is 109 Å². The van der Waals surface area contributed by atoms with E-state index in [1.165, 1.54) is 5.56 Å². The monoisotopic (exact) mass is 291 g/mol. The lowest BCUT2D eigenvalue weighted by Gasteiger charge is -2.06. The van der Waals surface area contributed by atoms with Crippen LogP contribution in [-0.2, 0) is 13.1 Å². The number of rotatable bonds is 4. The van der Waals surface area contributed by atoms with Gasteiger partial charge in [-0.25, -0.2) is 4.98 Å². The third kappa shape index (κ3) is 3.54. The minimum absolute atomic E-state index is 0.537. The molecule has 1 aromatic heterocycles. The fraction of sp³-hybridized carbons (Fsp3) is 0.154. The molecular weight excluding hydrogens is 278 g/mol. The van der Waals surface area contributed by atoms with Crippen LogP contribution in [0.1, 0.15) is 11.1 Å². The van der Waals surface area contributed by atoms with Crippen molar-refractivity contribution in [2.45, 2.75) is 13.1 Å². The van der Waals surface area contributed by atoms with Crippen molar-refractivity contribution >= 4 is 21.7 Å². The second-order valence-electron chi connectivity index (χ2n) is 3.73. The van der Waals surface area contributed by atoms with Gasteiger partial charge in [0.05, 0.1) is 0 Å². The van der Waals surface area contributed by atoms with Crippen molar-refractivity contribution in [1.82, 2.24) is 4.98 Å². The van der Waals surface area contributed by atoms with Crippen LogP contribution in [0.3, 0.4) is 0 Å². The highest BCUT2D eigenvalue weighted by Gasteiger charge is 1.97. The second-order valence-corrected chi connectivity index (χ2v) is 4.65. The van der Waals surface area contributed by atoms with Gasteiger partial charge in [-0.05, 0) is 35.4 Å². The molecule has 2 aromatic rings. The smallest absolute Gasteiger partial charge is 0.126 e. The molecule has 0 spiro atoms. The molecule has 0 unspecified atom stereocenters. The van der Waals surface area contributed by atoms with E-state index >= 15 is 0 Å². The third-order valence-electron chi connectivity index (χ3n) is 2.45. The zero-order chi connectivity index (χ0) is 12.1. The Balaban J connectivity index is 1.99. The summed E-state index contributed by atoms with van der Waals surface area (Å²) in [6, 6.07) is 12.1. The van der Waals surface area contributed by atoms with Crippen LogP contribution in [0.4, 0.5) is 5.82 Å². The molecule has 1 heterocycles. The molecule has 3 N–H and O–H groups in total. The Morgan fingerprint density at radius 2 is 1.88 bits per heavy atom. The number of aromatic nitrogens is 1. The molecule has 0 bridgehead atoms. The van der Waals surface area contributed by atoms with Crippen LogP contribution in [0.5, 0.6) is 0 Å². The maximum absolute atomic E-state index is 5.58. The number of nitrogens with two attached hydrogens (primary N) is 1. The first-order valence-electron chi connectivity index (χ1n) is 5.41. The van der Waals surface area contributed by atoms with Gasteiger partial charge in [-0.2, -0.15) is 0 Å². The molecule has 0 saturated heterocycles. The first-order valence-corrected chi connectivity index (χ1v) is 6.20. The Kier molecular flexibility index (Phi) is 4.12. The molecule has 0 amide bonds. The van der Waals surface area contributed by atoms with Crippen molar-refractivity contribution in [2.75, 3.05) is 5.32 Å². The van der Waals surface area contributed by atoms with Gasteiger partial charge in [-0.1, -0.05) is 28.1 Å². The van der Waals surface area contributed by atoms with Crippen LogP contribution in [0.2, 0.25) is 0 Å². The van der Waals surface area contributed by atoms with Crippen molar-refractivity contribution in [3.8, 4) is 0 Å². The molecule has 4 heteroatoms. The fourth-order valence-electron chi connectivity index (χ4n) is 1.49. The van der Waals surface area contributed by atoms with Gasteiger partial charge in [-0.3, -0.25) is 0 Å². The van der Waals surface area contributed by atoms with Gasteiger partial charge in [0.2, 0.25) is 0 Å². The van der Waals surface area contributed by atoms with Gasteiger partial charge in [0.25, 0.3) is 0 Å². The van der Waals surface area contributed by atoms with E-state index in [4.69, 9.17) is 5.73 Å². The lowest BCUT2D eigenvalue weighted by molar-refractivity contribution is 1.04. The predicted molar refractivity (Wildman–Crippen MR) is 73.6 cm³/mol. The molecule has 0 atom stereocenters. The number of pyridine rings is 1. The molecule has 88 valence electrons. The zero-order valence-electron chi connectivity index (χ0n) is 9.36. The van der Waals surface area contributed by atoms with Crippen LogP contribution in [0, 0.1) is 0 Å². The molecule has 0 fully saturated rings. The number of nitrogens with zero attached hydrogens (tertiary/aromatic N) is 1. The van der Waals surface area contributed by atoms with Gasteiger partial charge in [0.15, 0.2) is 0 Å². The highest BCUT2D eigenvalue weighted by molar-refractivity contribution is 9.10. The molecular formula is C13H14BrN3. The van der Waals surface area contributed by atoms with Crippen molar-refractivity contribution in [3.05, 3.63) is 58.2 Å². The van der Waals surface area contributed by atoms with Crippen molar-refractivity contribution in [1.29, 1.82) is 0 Å². The number of anilines is 1. The highest BCUT2D eigenvalue weighted by Crippen LogP contribution is 2.12. The number of hydrogen-bond acceptors (Lipinski definition) is 3. The molecule has 0 aliphatic heterocycles. The molecule has 0 aliphatic rings. The number of hydrogen-bond donors (Lipinski definition) is 2. The lowest BCUT2D eigenvalue weighted by Crippen LogP contribution is -2.03. The summed E-state index contributed by atoms with van der Waals surface area (Å²) in [7, 11) is 0. The first-order chi connectivity index (χ1) is 8.28. The highest BCUT2D eigenvalue weighted by atomic mass is 79.9.